The van der Waals surface area contributed by atoms with Gasteiger partial charge in [-0.05, 0) is 34.7 Å². The van der Waals surface area contributed by atoms with Crippen LogP contribution < -0.4 is 5.32 Å². The maximum atomic E-state index is 4.23. The molecule has 2 aromatic rings. The third-order valence-electron chi connectivity index (χ3n) is 2.20. The number of nitrogens with one attached hydrogen (secondary N) is 1. The molecule has 0 saturated carbocycles. The van der Waals surface area contributed by atoms with Gasteiger partial charge in [0, 0.05) is 21.7 Å². The summed E-state index contributed by atoms with van der Waals surface area (Å²) >= 11 is 3.96. The molecule has 0 fully saturated rings. The third kappa shape index (κ3) is 3.72. The highest BCUT2D eigenvalue weighted by molar-refractivity contribution is 14.1. The smallest absolute Gasteiger partial charge is 0.147 e. The van der Waals surface area contributed by atoms with E-state index in [0.717, 1.165) is 22.1 Å². The number of halogens is 1. The van der Waals surface area contributed by atoms with Gasteiger partial charge in [0.2, 0.25) is 0 Å². The van der Waals surface area contributed by atoms with Crippen molar-refractivity contribution in [3.8, 4) is 10.6 Å². The van der Waals surface area contributed by atoms with Crippen LogP contribution in [0.4, 0.5) is 0 Å². The van der Waals surface area contributed by atoms with E-state index in [0.29, 0.717) is 6.04 Å². The molecule has 0 atom stereocenters. The quantitative estimate of drug-likeness (QED) is 0.852. The zero-order valence-corrected chi connectivity index (χ0v) is 12.7. The molecule has 0 saturated heterocycles. The lowest BCUT2D eigenvalue weighted by Crippen LogP contribution is -2.21. The van der Waals surface area contributed by atoms with Crippen LogP contribution in [0, 0.1) is 3.57 Å². The van der Waals surface area contributed by atoms with Crippen LogP contribution in [-0.2, 0) is 6.54 Å². The molecule has 90 valence electrons. The molecule has 5 heteroatoms. The molecule has 0 aliphatic rings. The summed E-state index contributed by atoms with van der Waals surface area (Å²) in [5.41, 5.74) is 1.14. The maximum absolute atomic E-state index is 4.23. The minimum atomic E-state index is 0.472. The van der Waals surface area contributed by atoms with Crippen molar-refractivity contribution in [1.29, 1.82) is 0 Å². The fraction of sp³-hybridized carbons (Fsp3) is 0.333. The van der Waals surface area contributed by atoms with Gasteiger partial charge in [-0.15, -0.1) is 10.2 Å². The molecular weight excluding hydrogens is 345 g/mol. The molecule has 17 heavy (non-hydrogen) atoms. The van der Waals surface area contributed by atoms with Gasteiger partial charge in [0.05, 0.1) is 0 Å². The molecule has 0 spiro atoms. The van der Waals surface area contributed by atoms with Gasteiger partial charge in [-0.1, -0.05) is 37.3 Å². The van der Waals surface area contributed by atoms with Gasteiger partial charge in [0.25, 0.3) is 0 Å². The summed E-state index contributed by atoms with van der Waals surface area (Å²) in [5.74, 6) is 0. The Bertz CT molecular complexity index is 496. The Morgan fingerprint density at radius 2 is 2.18 bits per heavy atom. The molecule has 0 aliphatic heterocycles. The minimum Gasteiger partial charge on any atom is -0.308 e. The average Bonchev–Trinajstić information content (AvgIpc) is 2.75. The number of benzene rings is 1. The second kappa shape index (κ2) is 5.88. The number of aromatic nitrogens is 2. The zero-order chi connectivity index (χ0) is 12.3. The monoisotopic (exact) mass is 359 g/mol. The highest BCUT2D eigenvalue weighted by Gasteiger charge is 2.07. The van der Waals surface area contributed by atoms with Gasteiger partial charge in [0.1, 0.15) is 10.0 Å². The zero-order valence-electron chi connectivity index (χ0n) is 9.77. The summed E-state index contributed by atoms with van der Waals surface area (Å²) in [6.45, 7) is 5.04. The Balaban J connectivity index is 2.12. The topological polar surface area (TPSA) is 37.8 Å². The Kier molecular flexibility index (Phi) is 4.47. The summed E-state index contributed by atoms with van der Waals surface area (Å²) < 4.78 is 1.22. The fourth-order valence-electron chi connectivity index (χ4n) is 1.35. The normalized spacial score (nSPS) is 11.1. The molecule has 1 aromatic heterocycles. The lowest BCUT2D eigenvalue weighted by Gasteiger charge is -2.03. The summed E-state index contributed by atoms with van der Waals surface area (Å²) in [5, 5.41) is 13.8. The number of nitrogens with zero attached hydrogens (tertiary/aromatic N) is 2. The number of hydrogen-bond acceptors (Lipinski definition) is 4. The first-order valence-electron chi connectivity index (χ1n) is 5.47. The molecule has 1 heterocycles. The Labute approximate surface area is 119 Å². The summed E-state index contributed by atoms with van der Waals surface area (Å²) in [7, 11) is 0. The highest BCUT2D eigenvalue weighted by atomic mass is 127. The maximum Gasteiger partial charge on any atom is 0.147 e. The number of rotatable bonds is 4. The first-order chi connectivity index (χ1) is 8.15. The predicted molar refractivity (Wildman–Crippen MR) is 80.0 cm³/mol. The van der Waals surface area contributed by atoms with E-state index in [9.17, 15) is 0 Å². The molecule has 3 nitrogen and oxygen atoms in total. The molecule has 1 N–H and O–H groups in total. The molecule has 1 aromatic carbocycles. The van der Waals surface area contributed by atoms with Crippen molar-refractivity contribution in [3.63, 3.8) is 0 Å². The largest absolute Gasteiger partial charge is 0.308 e. The Morgan fingerprint density at radius 3 is 2.88 bits per heavy atom. The van der Waals surface area contributed by atoms with Crippen molar-refractivity contribution in [2.75, 3.05) is 0 Å². The molecule has 0 unspecified atom stereocenters. The lowest BCUT2D eigenvalue weighted by molar-refractivity contribution is 0.585. The summed E-state index contributed by atoms with van der Waals surface area (Å²) in [4.78, 5) is 0. The van der Waals surface area contributed by atoms with E-state index >= 15 is 0 Å². The van der Waals surface area contributed by atoms with Crippen LogP contribution in [0.3, 0.4) is 0 Å². The van der Waals surface area contributed by atoms with E-state index in [1.54, 1.807) is 11.3 Å². The van der Waals surface area contributed by atoms with Crippen molar-refractivity contribution < 1.29 is 0 Å². The van der Waals surface area contributed by atoms with E-state index in [2.05, 4.69) is 70.2 Å². The van der Waals surface area contributed by atoms with Crippen LogP contribution in [0.5, 0.6) is 0 Å². The molecule has 0 amide bonds. The average molecular weight is 359 g/mol. The third-order valence-corrected chi connectivity index (χ3v) is 3.84. The van der Waals surface area contributed by atoms with Crippen LogP contribution in [0.1, 0.15) is 18.9 Å². The summed E-state index contributed by atoms with van der Waals surface area (Å²) in [6.07, 6.45) is 0. The number of hydrogen-bond donors (Lipinski definition) is 1. The first kappa shape index (κ1) is 12.9. The molecular formula is C12H14IN3S. The van der Waals surface area contributed by atoms with E-state index in [4.69, 9.17) is 0 Å². The predicted octanol–water partition coefficient (Wildman–Crippen LogP) is 3.31. The van der Waals surface area contributed by atoms with Crippen LogP contribution >= 0.6 is 33.9 Å². The van der Waals surface area contributed by atoms with E-state index in [-0.39, 0.29) is 0 Å². The molecule has 0 aliphatic carbocycles. The van der Waals surface area contributed by atoms with Gasteiger partial charge in [-0.3, -0.25) is 0 Å². The van der Waals surface area contributed by atoms with Crippen molar-refractivity contribution in [2.24, 2.45) is 0 Å². The molecule has 2 rings (SSSR count). The lowest BCUT2D eigenvalue weighted by atomic mass is 10.2. The van der Waals surface area contributed by atoms with E-state index in [1.165, 1.54) is 3.57 Å². The van der Waals surface area contributed by atoms with E-state index < -0.39 is 0 Å². The van der Waals surface area contributed by atoms with Gasteiger partial charge in [-0.2, -0.15) is 0 Å². The van der Waals surface area contributed by atoms with Crippen molar-refractivity contribution in [1.82, 2.24) is 15.5 Å². The highest BCUT2D eigenvalue weighted by Crippen LogP contribution is 2.24. The molecule has 0 bridgehead atoms. The van der Waals surface area contributed by atoms with Crippen LogP contribution in [0.25, 0.3) is 10.6 Å². The SMILES string of the molecule is CC(C)NCc1nnc(-c2cccc(I)c2)s1. The van der Waals surface area contributed by atoms with Crippen molar-refractivity contribution in [3.05, 3.63) is 32.8 Å². The first-order valence-corrected chi connectivity index (χ1v) is 7.36. The second-order valence-corrected chi connectivity index (χ2v) is 6.35. The van der Waals surface area contributed by atoms with Gasteiger partial charge >= 0.3 is 0 Å². The van der Waals surface area contributed by atoms with Gasteiger partial charge in [0.15, 0.2) is 0 Å². The Morgan fingerprint density at radius 1 is 1.35 bits per heavy atom. The standard InChI is InChI=1S/C12H14IN3S/c1-8(2)14-7-11-15-16-12(17-11)9-4-3-5-10(13)6-9/h3-6,8,14H,7H2,1-2H3. The fourth-order valence-corrected chi connectivity index (χ4v) is 2.68. The van der Waals surface area contributed by atoms with Crippen molar-refractivity contribution >= 4 is 33.9 Å². The Hall–Kier alpha value is -0.530. The summed E-state index contributed by atoms with van der Waals surface area (Å²) in [6, 6.07) is 8.79. The minimum absolute atomic E-state index is 0.472. The van der Waals surface area contributed by atoms with Gasteiger partial charge in [-0.25, -0.2) is 0 Å². The van der Waals surface area contributed by atoms with Crippen molar-refractivity contribution in [2.45, 2.75) is 26.4 Å². The van der Waals surface area contributed by atoms with Gasteiger partial charge < -0.3 is 5.32 Å². The van der Waals surface area contributed by atoms with Crippen LogP contribution in [-0.4, -0.2) is 16.2 Å². The van der Waals surface area contributed by atoms with E-state index in [1.807, 2.05) is 6.07 Å². The van der Waals surface area contributed by atoms with Crippen LogP contribution in [0.2, 0.25) is 0 Å². The molecule has 0 radical (unpaired) electrons. The van der Waals surface area contributed by atoms with Crippen LogP contribution in [0.15, 0.2) is 24.3 Å². The second-order valence-electron chi connectivity index (χ2n) is 4.05.